The summed E-state index contributed by atoms with van der Waals surface area (Å²) < 4.78 is 0. The van der Waals surface area contributed by atoms with E-state index in [-0.39, 0.29) is 42.7 Å². The number of rotatable bonds is 9. The second-order valence-electron chi connectivity index (χ2n) is 5.65. The molecule has 1 rings (SSSR count). The molecule has 4 N–H and O–H groups in total. The summed E-state index contributed by atoms with van der Waals surface area (Å²) in [5.74, 6) is -0.302. The van der Waals surface area contributed by atoms with Crippen LogP contribution in [0.5, 0.6) is 0 Å². The van der Waals surface area contributed by atoms with Crippen LogP contribution in [-0.4, -0.2) is 24.4 Å². The lowest BCUT2D eigenvalue weighted by Crippen LogP contribution is -2.42. The van der Waals surface area contributed by atoms with E-state index in [1.165, 1.54) is 6.92 Å². The largest absolute Gasteiger partial charge is 0.352 e. The summed E-state index contributed by atoms with van der Waals surface area (Å²) >= 11 is 5.88. The molecule has 0 aliphatic rings. The zero-order valence-corrected chi connectivity index (χ0v) is 15.8. The number of halogens is 2. The number of nitrogens with two attached hydrogens (primary N) is 1. The fourth-order valence-corrected chi connectivity index (χ4v) is 2.49. The van der Waals surface area contributed by atoms with Gasteiger partial charge in [-0.05, 0) is 24.1 Å². The summed E-state index contributed by atoms with van der Waals surface area (Å²) in [6.45, 7) is 3.95. The minimum atomic E-state index is -0.380. The molecule has 0 heterocycles. The Hall–Kier alpha value is -1.30. The topological polar surface area (TPSA) is 84.2 Å². The maximum Gasteiger partial charge on any atom is 0.222 e. The van der Waals surface area contributed by atoms with Crippen LogP contribution in [0.15, 0.2) is 24.3 Å². The Morgan fingerprint density at radius 1 is 1.21 bits per heavy atom. The highest BCUT2D eigenvalue weighted by Crippen LogP contribution is 2.19. The van der Waals surface area contributed by atoms with Gasteiger partial charge < -0.3 is 16.4 Å². The minimum Gasteiger partial charge on any atom is -0.352 e. The summed E-state index contributed by atoms with van der Waals surface area (Å²) in [7, 11) is 0. The Morgan fingerprint density at radius 3 is 2.33 bits per heavy atom. The Morgan fingerprint density at radius 2 is 1.83 bits per heavy atom. The van der Waals surface area contributed by atoms with Crippen LogP contribution in [0.3, 0.4) is 0 Å². The van der Waals surface area contributed by atoms with Crippen molar-refractivity contribution in [3.63, 3.8) is 0 Å². The fraction of sp³-hybridized carbons (Fsp3) is 0.529. The average molecular weight is 376 g/mol. The molecular weight excluding hydrogens is 349 g/mol. The molecular formula is C17H27Cl2N3O2. The normalized spacial score (nSPS) is 12.7. The molecule has 5 nitrogen and oxygen atoms in total. The van der Waals surface area contributed by atoms with Crippen LogP contribution in [0.25, 0.3) is 0 Å². The molecule has 0 fully saturated rings. The number of hydrogen-bond acceptors (Lipinski definition) is 3. The third-order valence-corrected chi connectivity index (χ3v) is 3.85. The van der Waals surface area contributed by atoms with Gasteiger partial charge in [-0.1, -0.05) is 43.5 Å². The third-order valence-electron chi connectivity index (χ3n) is 3.60. The monoisotopic (exact) mass is 375 g/mol. The second-order valence-corrected chi connectivity index (χ2v) is 6.09. The number of carbonyl (C=O) groups is 2. The molecule has 0 saturated carbocycles. The summed E-state index contributed by atoms with van der Waals surface area (Å²) in [6.07, 6.45) is 3.12. The number of unbranched alkanes of at least 4 members (excludes halogenated alkanes) is 1. The van der Waals surface area contributed by atoms with Gasteiger partial charge in [-0.3, -0.25) is 9.59 Å². The van der Waals surface area contributed by atoms with E-state index in [4.69, 9.17) is 17.3 Å². The molecule has 0 aliphatic carbocycles. The molecule has 2 amide bonds. The van der Waals surface area contributed by atoms with Crippen molar-refractivity contribution in [2.75, 3.05) is 6.54 Å². The van der Waals surface area contributed by atoms with E-state index in [9.17, 15) is 9.59 Å². The quantitative estimate of drug-likeness (QED) is 0.620. The van der Waals surface area contributed by atoms with E-state index < -0.39 is 0 Å². The van der Waals surface area contributed by atoms with E-state index in [1.54, 1.807) is 12.1 Å². The van der Waals surface area contributed by atoms with Gasteiger partial charge in [0.2, 0.25) is 11.8 Å². The first kappa shape index (κ1) is 22.7. The highest BCUT2D eigenvalue weighted by Gasteiger charge is 2.19. The second kappa shape index (κ2) is 12.1. The first-order valence-corrected chi connectivity index (χ1v) is 8.36. The van der Waals surface area contributed by atoms with Crippen LogP contribution in [0.1, 0.15) is 51.1 Å². The van der Waals surface area contributed by atoms with Gasteiger partial charge in [0.05, 0.1) is 12.5 Å². The van der Waals surface area contributed by atoms with Gasteiger partial charge in [-0.25, -0.2) is 0 Å². The van der Waals surface area contributed by atoms with Crippen molar-refractivity contribution in [1.29, 1.82) is 0 Å². The highest BCUT2D eigenvalue weighted by molar-refractivity contribution is 6.30. The Kier molecular flexibility index (Phi) is 11.5. The highest BCUT2D eigenvalue weighted by atomic mass is 35.5. The van der Waals surface area contributed by atoms with E-state index in [2.05, 4.69) is 17.6 Å². The van der Waals surface area contributed by atoms with Crippen molar-refractivity contribution in [2.24, 2.45) is 5.73 Å². The molecule has 0 aromatic heterocycles. The first-order valence-electron chi connectivity index (χ1n) is 7.98. The smallest absolute Gasteiger partial charge is 0.222 e. The van der Waals surface area contributed by atoms with E-state index >= 15 is 0 Å². The third kappa shape index (κ3) is 8.52. The van der Waals surface area contributed by atoms with Gasteiger partial charge in [0.25, 0.3) is 0 Å². The average Bonchev–Trinajstić information content (AvgIpc) is 2.51. The van der Waals surface area contributed by atoms with Crippen LogP contribution in [-0.2, 0) is 9.59 Å². The van der Waals surface area contributed by atoms with Gasteiger partial charge in [-0.2, -0.15) is 0 Å². The summed E-state index contributed by atoms with van der Waals surface area (Å²) in [5.41, 5.74) is 6.55. The van der Waals surface area contributed by atoms with E-state index in [1.807, 2.05) is 12.1 Å². The molecule has 0 radical (unpaired) electrons. The molecule has 1 aromatic rings. The Bertz CT molecular complexity index is 509. The zero-order chi connectivity index (χ0) is 17.2. The lowest BCUT2D eigenvalue weighted by molar-refractivity contribution is -0.123. The molecule has 1 aromatic carbocycles. The van der Waals surface area contributed by atoms with Gasteiger partial charge in [-0.15, -0.1) is 12.4 Å². The lowest BCUT2D eigenvalue weighted by Gasteiger charge is -2.21. The summed E-state index contributed by atoms with van der Waals surface area (Å²) in [5, 5.41) is 6.37. The minimum absolute atomic E-state index is 0. The van der Waals surface area contributed by atoms with E-state index in [0.717, 1.165) is 24.8 Å². The Balaban J connectivity index is 0.00000529. The van der Waals surface area contributed by atoms with Crippen LogP contribution in [0, 0.1) is 0 Å². The molecule has 24 heavy (non-hydrogen) atoms. The maximum atomic E-state index is 12.3. The van der Waals surface area contributed by atoms with Gasteiger partial charge in [0, 0.05) is 24.5 Å². The standard InChI is InChI=1S/C17H26ClN3O2.ClH/c1-3-4-5-15(11-19)21-17(23)10-16(20-12(2)22)13-6-8-14(18)9-7-13;/h6-9,15-16H,3-5,10-11,19H2,1-2H3,(H,20,22)(H,21,23);1H. The zero-order valence-electron chi connectivity index (χ0n) is 14.2. The number of nitrogens with one attached hydrogen (secondary N) is 2. The maximum absolute atomic E-state index is 12.3. The van der Waals surface area contributed by atoms with Crippen LogP contribution in [0.2, 0.25) is 5.02 Å². The molecule has 7 heteroatoms. The van der Waals surface area contributed by atoms with E-state index in [0.29, 0.717) is 11.6 Å². The summed E-state index contributed by atoms with van der Waals surface area (Å²) in [6, 6.07) is 6.71. The number of carbonyl (C=O) groups excluding carboxylic acids is 2. The molecule has 2 unspecified atom stereocenters. The van der Waals surface area contributed by atoms with Crippen molar-refractivity contribution < 1.29 is 9.59 Å². The predicted octanol–water partition coefficient (Wildman–Crippen LogP) is 2.96. The molecule has 0 bridgehead atoms. The molecule has 0 saturated heterocycles. The van der Waals surface area contributed by atoms with Crippen LogP contribution < -0.4 is 16.4 Å². The van der Waals surface area contributed by atoms with Crippen molar-refractivity contribution in [3.8, 4) is 0 Å². The lowest BCUT2D eigenvalue weighted by atomic mass is 10.0. The molecule has 136 valence electrons. The van der Waals surface area contributed by atoms with Crippen molar-refractivity contribution in [2.45, 2.75) is 51.6 Å². The van der Waals surface area contributed by atoms with Gasteiger partial charge in [0.1, 0.15) is 0 Å². The van der Waals surface area contributed by atoms with Crippen molar-refractivity contribution >= 4 is 35.8 Å². The van der Waals surface area contributed by atoms with Crippen molar-refractivity contribution in [3.05, 3.63) is 34.9 Å². The first-order chi connectivity index (χ1) is 11.0. The SMILES string of the molecule is CCCCC(CN)NC(=O)CC(NC(C)=O)c1ccc(Cl)cc1.Cl. The fourth-order valence-electron chi connectivity index (χ4n) is 2.36. The predicted molar refractivity (Wildman–Crippen MR) is 100 cm³/mol. The van der Waals surface area contributed by atoms with Crippen LogP contribution >= 0.6 is 24.0 Å². The van der Waals surface area contributed by atoms with Crippen LogP contribution in [0.4, 0.5) is 0 Å². The number of benzene rings is 1. The number of hydrogen-bond donors (Lipinski definition) is 3. The molecule has 0 aliphatic heterocycles. The Labute approximate surface area is 155 Å². The number of amides is 2. The molecule has 2 atom stereocenters. The van der Waals surface area contributed by atoms with Gasteiger partial charge in [0.15, 0.2) is 0 Å². The van der Waals surface area contributed by atoms with Crippen molar-refractivity contribution in [1.82, 2.24) is 10.6 Å². The molecule has 0 spiro atoms. The summed E-state index contributed by atoms with van der Waals surface area (Å²) in [4.78, 5) is 23.7. The van der Waals surface area contributed by atoms with Gasteiger partial charge >= 0.3 is 0 Å².